The van der Waals surface area contributed by atoms with Gasteiger partial charge in [0.05, 0.1) is 25.0 Å². The standard InChI is InChI=1S/C21H29F3N2O5S/c1-32(29,30)25-17-3-2-10-26(19(28)11-27)18(17)12-31-14-6-4-13(5-7-14)20-15(22)8-9-16(23)21(20)24/h8-9,13-14,17-18,25,27H,2-7,10-12H2,1H3/t13-,14+,17-,18-/m0/s1. The molecule has 1 aromatic carbocycles. The van der Waals surface area contributed by atoms with Crippen molar-refractivity contribution in [2.45, 2.75) is 62.6 Å². The molecule has 0 radical (unpaired) electrons. The minimum atomic E-state index is -3.51. The molecule has 1 saturated carbocycles. The summed E-state index contributed by atoms with van der Waals surface area (Å²) in [6.45, 7) is -0.227. The van der Waals surface area contributed by atoms with Crippen molar-refractivity contribution in [1.82, 2.24) is 9.62 Å². The van der Waals surface area contributed by atoms with Gasteiger partial charge in [-0.2, -0.15) is 0 Å². The van der Waals surface area contributed by atoms with Gasteiger partial charge in [0.25, 0.3) is 0 Å². The number of benzene rings is 1. The summed E-state index contributed by atoms with van der Waals surface area (Å²) >= 11 is 0. The number of nitrogens with zero attached hydrogens (tertiary/aromatic N) is 1. The van der Waals surface area contributed by atoms with Crippen LogP contribution in [0, 0.1) is 17.5 Å². The first-order valence-corrected chi connectivity index (χ1v) is 12.6. The molecule has 1 saturated heterocycles. The number of aliphatic hydroxyl groups excluding tert-OH is 1. The topological polar surface area (TPSA) is 95.9 Å². The lowest BCUT2D eigenvalue weighted by Gasteiger charge is -2.42. The average molecular weight is 479 g/mol. The van der Waals surface area contributed by atoms with Crippen molar-refractivity contribution in [2.24, 2.45) is 0 Å². The number of hydrogen-bond acceptors (Lipinski definition) is 5. The van der Waals surface area contributed by atoms with Crippen LogP contribution in [0.25, 0.3) is 0 Å². The number of hydrogen-bond donors (Lipinski definition) is 2. The summed E-state index contributed by atoms with van der Waals surface area (Å²) in [4.78, 5) is 13.6. The number of nitrogens with one attached hydrogen (secondary N) is 1. The summed E-state index contributed by atoms with van der Waals surface area (Å²) in [6.07, 6.45) is 3.73. The first-order chi connectivity index (χ1) is 15.1. The van der Waals surface area contributed by atoms with E-state index in [0.717, 1.165) is 18.4 Å². The third-order valence-corrected chi connectivity index (χ3v) is 7.00. The van der Waals surface area contributed by atoms with Crippen LogP contribution in [0.3, 0.4) is 0 Å². The third kappa shape index (κ3) is 6.00. The number of aliphatic hydroxyl groups is 1. The van der Waals surface area contributed by atoms with E-state index in [1.165, 1.54) is 4.90 Å². The van der Waals surface area contributed by atoms with Crippen LogP contribution in [0.2, 0.25) is 0 Å². The minimum absolute atomic E-state index is 0.0664. The van der Waals surface area contributed by atoms with Crippen molar-refractivity contribution in [1.29, 1.82) is 0 Å². The van der Waals surface area contributed by atoms with Gasteiger partial charge in [-0.3, -0.25) is 4.79 Å². The van der Waals surface area contributed by atoms with Gasteiger partial charge in [-0.05, 0) is 56.6 Å². The molecule has 1 aromatic rings. The fourth-order valence-corrected chi connectivity index (χ4v) is 5.57. The van der Waals surface area contributed by atoms with Gasteiger partial charge in [-0.25, -0.2) is 26.3 Å². The quantitative estimate of drug-likeness (QED) is 0.585. The maximum atomic E-state index is 14.1. The number of rotatable bonds is 7. The first kappa shape index (κ1) is 24.9. The molecule has 3 rings (SSSR count). The minimum Gasteiger partial charge on any atom is -0.387 e. The van der Waals surface area contributed by atoms with E-state index in [4.69, 9.17) is 4.74 Å². The normalized spacial score (nSPS) is 26.8. The molecule has 1 amide bonds. The average Bonchev–Trinajstić information content (AvgIpc) is 2.75. The fraction of sp³-hybridized carbons (Fsp3) is 0.667. The Kier molecular flexibility index (Phi) is 8.18. The maximum Gasteiger partial charge on any atom is 0.248 e. The van der Waals surface area contributed by atoms with Gasteiger partial charge in [-0.15, -0.1) is 0 Å². The zero-order valence-electron chi connectivity index (χ0n) is 17.9. The van der Waals surface area contributed by atoms with E-state index in [1.807, 2.05) is 0 Å². The summed E-state index contributed by atoms with van der Waals surface area (Å²) in [5.74, 6) is -3.94. The molecule has 7 nitrogen and oxygen atoms in total. The van der Waals surface area contributed by atoms with Crippen molar-refractivity contribution < 1.29 is 36.2 Å². The Labute approximate surface area is 186 Å². The van der Waals surface area contributed by atoms with E-state index in [0.29, 0.717) is 45.1 Å². The second kappa shape index (κ2) is 10.5. The molecular formula is C21H29F3N2O5S. The number of sulfonamides is 1. The van der Waals surface area contributed by atoms with Crippen LogP contribution < -0.4 is 4.72 Å². The molecule has 0 spiro atoms. The highest BCUT2D eigenvalue weighted by atomic mass is 32.2. The largest absolute Gasteiger partial charge is 0.387 e. The zero-order valence-corrected chi connectivity index (χ0v) is 18.7. The summed E-state index contributed by atoms with van der Waals surface area (Å²) in [5, 5.41) is 9.28. The third-order valence-electron chi connectivity index (χ3n) is 6.26. The van der Waals surface area contributed by atoms with E-state index in [9.17, 15) is 31.5 Å². The number of halogens is 3. The molecule has 0 unspecified atom stereocenters. The van der Waals surface area contributed by atoms with Gasteiger partial charge in [0.1, 0.15) is 12.4 Å². The molecular weight excluding hydrogens is 449 g/mol. The summed E-state index contributed by atoms with van der Waals surface area (Å²) in [6, 6.07) is 0.587. The Bertz CT molecular complexity index is 922. The number of piperidine rings is 1. The molecule has 180 valence electrons. The van der Waals surface area contributed by atoms with Gasteiger partial charge < -0.3 is 14.7 Å². The predicted molar refractivity (Wildman–Crippen MR) is 111 cm³/mol. The van der Waals surface area contributed by atoms with E-state index >= 15 is 0 Å². The van der Waals surface area contributed by atoms with Crippen molar-refractivity contribution >= 4 is 15.9 Å². The second-order valence-electron chi connectivity index (χ2n) is 8.52. The van der Waals surface area contributed by atoms with E-state index in [-0.39, 0.29) is 18.3 Å². The number of carbonyl (C=O) groups excluding carboxylic acids is 1. The van der Waals surface area contributed by atoms with Crippen LogP contribution in [0.15, 0.2) is 12.1 Å². The van der Waals surface area contributed by atoms with Crippen LogP contribution in [0.4, 0.5) is 13.2 Å². The highest BCUT2D eigenvalue weighted by molar-refractivity contribution is 7.88. The van der Waals surface area contributed by atoms with Crippen molar-refractivity contribution in [3.8, 4) is 0 Å². The molecule has 1 aliphatic heterocycles. The monoisotopic (exact) mass is 478 g/mol. The van der Waals surface area contributed by atoms with Crippen molar-refractivity contribution in [2.75, 3.05) is 26.0 Å². The highest BCUT2D eigenvalue weighted by Gasteiger charge is 2.37. The lowest BCUT2D eigenvalue weighted by atomic mass is 9.82. The van der Waals surface area contributed by atoms with Crippen LogP contribution in [0.5, 0.6) is 0 Å². The molecule has 32 heavy (non-hydrogen) atoms. The Morgan fingerprint density at radius 2 is 1.81 bits per heavy atom. The molecule has 1 heterocycles. The maximum absolute atomic E-state index is 14.1. The number of carbonyl (C=O) groups is 1. The van der Waals surface area contributed by atoms with Crippen LogP contribution >= 0.6 is 0 Å². The van der Waals surface area contributed by atoms with Crippen molar-refractivity contribution in [3.63, 3.8) is 0 Å². The Morgan fingerprint density at radius 3 is 2.44 bits per heavy atom. The van der Waals surface area contributed by atoms with Crippen LogP contribution in [-0.2, 0) is 19.6 Å². The van der Waals surface area contributed by atoms with E-state index in [2.05, 4.69) is 4.72 Å². The van der Waals surface area contributed by atoms with Gasteiger partial charge >= 0.3 is 0 Å². The van der Waals surface area contributed by atoms with Crippen molar-refractivity contribution in [3.05, 3.63) is 35.1 Å². The zero-order chi connectivity index (χ0) is 23.5. The number of ether oxygens (including phenoxy) is 1. The lowest BCUT2D eigenvalue weighted by Crippen LogP contribution is -2.59. The van der Waals surface area contributed by atoms with Crippen LogP contribution in [-0.4, -0.2) is 68.5 Å². The fourth-order valence-electron chi connectivity index (χ4n) is 4.75. The molecule has 2 atom stereocenters. The smallest absolute Gasteiger partial charge is 0.248 e. The SMILES string of the molecule is CS(=O)(=O)N[C@H]1CCCN(C(=O)CO)[C@H]1CO[C@H]1CC[C@@H](c2c(F)ccc(F)c2F)CC1. The van der Waals surface area contributed by atoms with Crippen LogP contribution in [0.1, 0.15) is 50.0 Å². The summed E-state index contributed by atoms with van der Waals surface area (Å²) in [5.41, 5.74) is -0.229. The molecule has 0 bridgehead atoms. The van der Waals surface area contributed by atoms with Gasteiger partial charge in [0, 0.05) is 18.2 Å². The first-order valence-electron chi connectivity index (χ1n) is 10.7. The molecule has 11 heteroatoms. The number of likely N-dealkylation sites (tertiary alicyclic amines) is 1. The van der Waals surface area contributed by atoms with E-state index in [1.54, 1.807) is 0 Å². The summed E-state index contributed by atoms with van der Waals surface area (Å²) < 4.78 is 73.8. The van der Waals surface area contributed by atoms with E-state index < -0.39 is 58.0 Å². The summed E-state index contributed by atoms with van der Waals surface area (Å²) in [7, 11) is -3.51. The predicted octanol–water partition coefficient (Wildman–Crippen LogP) is 2.05. The highest BCUT2D eigenvalue weighted by Crippen LogP contribution is 2.37. The molecule has 2 N–H and O–H groups in total. The second-order valence-corrected chi connectivity index (χ2v) is 10.3. The Hall–Kier alpha value is -1.69. The lowest BCUT2D eigenvalue weighted by molar-refractivity contribution is -0.141. The van der Waals surface area contributed by atoms with Gasteiger partial charge in [0.2, 0.25) is 15.9 Å². The molecule has 2 aliphatic rings. The Balaban J connectivity index is 1.63. The molecule has 0 aromatic heterocycles. The molecule has 2 fully saturated rings. The van der Waals surface area contributed by atoms with Gasteiger partial charge in [-0.1, -0.05) is 0 Å². The number of amides is 1. The Morgan fingerprint density at radius 1 is 1.16 bits per heavy atom. The van der Waals surface area contributed by atoms with Gasteiger partial charge in [0.15, 0.2) is 11.6 Å². The molecule has 1 aliphatic carbocycles.